The molecule has 0 saturated heterocycles. The van der Waals surface area contributed by atoms with Gasteiger partial charge in [0.2, 0.25) is 5.91 Å². The lowest BCUT2D eigenvalue weighted by Crippen LogP contribution is -2.15. The fourth-order valence-corrected chi connectivity index (χ4v) is 2.65. The van der Waals surface area contributed by atoms with Crippen LogP contribution in [0.15, 0.2) is 78.9 Å². The molecule has 0 unspecified atom stereocenters. The van der Waals surface area contributed by atoms with E-state index in [9.17, 15) is 9.59 Å². The molecule has 6 nitrogen and oxygen atoms in total. The van der Waals surface area contributed by atoms with E-state index in [1.807, 2.05) is 60.7 Å². The standard InChI is InChI=1S/C23H22N2O4/c1-28-23(27)17-6-5-7-20(16-17)24-18-10-12-19(13-11-18)25-22(26)14-15-29-21-8-3-2-4-9-21/h2-13,16,24H,14-15H2,1H3,(H,25,26). The lowest BCUT2D eigenvalue weighted by molar-refractivity contribution is -0.116. The molecular weight excluding hydrogens is 368 g/mol. The van der Waals surface area contributed by atoms with E-state index in [4.69, 9.17) is 9.47 Å². The van der Waals surface area contributed by atoms with Gasteiger partial charge in [-0.2, -0.15) is 0 Å². The van der Waals surface area contributed by atoms with Crippen molar-refractivity contribution >= 4 is 28.9 Å². The van der Waals surface area contributed by atoms with Gasteiger partial charge in [0.05, 0.1) is 25.7 Å². The highest BCUT2D eigenvalue weighted by Gasteiger charge is 2.06. The molecule has 29 heavy (non-hydrogen) atoms. The van der Waals surface area contributed by atoms with Gasteiger partial charge in [0.1, 0.15) is 5.75 Å². The Kier molecular flexibility index (Phi) is 6.84. The van der Waals surface area contributed by atoms with Crippen molar-refractivity contribution in [3.8, 4) is 5.75 Å². The molecule has 3 aromatic carbocycles. The minimum atomic E-state index is -0.386. The van der Waals surface area contributed by atoms with Crippen molar-refractivity contribution in [1.29, 1.82) is 0 Å². The number of hydrogen-bond acceptors (Lipinski definition) is 5. The average Bonchev–Trinajstić information content (AvgIpc) is 2.75. The van der Waals surface area contributed by atoms with Crippen LogP contribution in [0.25, 0.3) is 0 Å². The van der Waals surface area contributed by atoms with E-state index >= 15 is 0 Å². The van der Waals surface area contributed by atoms with Crippen LogP contribution in [-0.4, -0.2) is 25.6 Å². The highest BCUT2D eigenvalue weighted by Crippen LogP contribution is 2.20. The van der Waals surface area contributed by atoms with Gasteiger partial charge < -0.3 is 20.1 Å². The van der Waals surface area contributed by atoms with Gasteiger partial charge in [0, 0.05) is 17.1 Å². The minimum Gasteiger partial charge on any atom is -0.493 e. The fraction of sp³-hybridized carbons (Fsp3) is 0.130. The Morgan fingerprint density at radius 3 is 2.28 bits per heavy atom. The molecule has 0 fully saturated rings. The maximum absolute atomic E-state index is 12.1. The molecule has 0 radical (unpaired) electrons. The van der Waals surface area contributed by atoms with Crippen LogP contribution in [0.2, 0.25) is 0 Å². The first-order valence-corrected chi connectivity index (χ1v) is 9.17. The first kappa shape index (κ1) is 19.9. The van der Waals surface area contributed by atoms with E-state index in [1.54, 1.807) is 18.2 Å². The Balaban J connectivity index is 1.49. The van der Waals surface area contributed by atoms with Gasteiger partial charge in [-0.25, -0.2) is 4.79 Å². The Bertz CT molecular complexity index is 956. The minimum absolute atomic E-state index is 0.118. The van der Waals surface area contributed by atoms with E-state index in [1.165, 1.54) is 7.11 Å². The van der Waals surface area contributed by atoms with Gasteiger partial charge in [-0.3, -0.25) is 4.79 Å². The van der Waals surface area contributed by atoms with Crippen molar-refractivity contribution in [3.63, 3.8) is 0 Å². The number of rotatable bonds is 8. The molecule has 0 aliphatic carbocycles. The van der Waals surface area contributed by atoms with Crippen molar-refractivity contribution < 1.29 is 19.1 Å². The summed E-state index contributed by atoms with van der Waals surface area (Å²) in [5.41, 5.74) is 2.77. The number of carbonyl (C=O) groups is 2. The quantitative estimate of drug-likeness (QED) is 0.549. The Morgan fingerprint density at radius 1 is 0.828 bits per heavy atom. The predicted molar refractivity (Wildman–Crippen MR) is 113 cm³/mol. The monoisotopic (exact) mass is 390 g/mol. The smallest absolute Gasteiger partial charge is 0.337 e. The first-order chi connectivity index (χ1) is 14.1. The van der Waals surface area contributed by atoms with Gasteiger partial charge in [0.15, 0.2) is 0 Å². The van der Waals surface area contributed by atoms with Gasteiger partial charge in [-0.15, -0.1) is 0 Å². The summed E-state index contributed by atoms with van der Waals surface area (Å²) in [5.74, 6) is 0.238. The normalized spacial score (nSPS) is 10.1. The molecule has 0 saturated carbocycles. The zero-order valence-corrected chi connectivity index (χ0v) is 16.1. The summed E-state index contributed by atoms with van der Waals surface area (Å²) in [6.45, 7) is 0.312. The third kappa shape index (κ3) is 6.10. The summed E-state index contributed by atoms with van der Waals surface area (Å²) in [6, 6.07) is 23.7. The van der Waals surface area contributed by atoms with E-state index in [2.05, 4.69) is 10.6 Å². The first-order valence-electron chi connectivity index (χ1n) is 9.17. The topological polar surface area (TPSA) is 76.7 Å². The zero-order chi connectivity index (χ0) is 20.5. The molecule has 0 spiro atoms. The summed E-state index contributed by atoms with van der Waals surface area (Å²) in [6.07, 6.45) is 0.259. The molecule has 0 aliphatic rings. The summed E-state index contributed by atoms with van der Waals surface area (Å²) in [4.78, 5) is 23.7. The Morgan fingerprint density at radius 2 is 1.55 bits per heavy atom. The molecule has 148 valence electrons. The Hall–Kier alpha value is -3.80. The fourth-order valence-electron chi connectivity index (χ4n) is 2.65. The second-order valence-electron chi connectivity index (χ2n) is 6.23. The van der Waals surface area contributed by atoms with Crippen molar-refractivity contribution in [2.45, 2.75) is 6.42 Å². The molecule has 0 aliphatic heterocycles. The molecule has 3 rings (SSSR count). The number of ether oxygens (including phenoxy) is 2. The molecule has 1 amide bonds. The number of nitrogens with one attached hydrogen (secondary N) is 2. The molecule has 6 heteroatoms. The van der Waals surface area contributed by atoms with Crippen molar-refractivity contribution in [2.75, 3.05) is 24.4 Å². The number of para-hydroxylation sites is 1. The summed E-state index contributed by atoms with van der Waals surface area (Å²) in [7, 11) is 1.35. The zero-order valence-electron chi connectivity index (χ0n) is 16.1. The maximum atomic E-state index is 12.1. The SMILES string of the molecule is COC(=O)c1cccc(Nc2ccc(NC(=O)CCOc3ccccc3)cc2)c1. The summed E-state index contributed by atoms with van der Waals surface area (Å²) in [5, 5.41) is 6.06. The average molecular weight is 390 g/mol. The number of anilines is 3. The Labute approximate surface area is 169 Å². The lowest BCUT2D eigenvalue weighted by atomic mass is 10.2. The van der Waals surface area contributed by atoms with Crippen LogP contribution < -0.4 is 15.4 Å². The summed E-state index contributed by atoms with van der Waals surface area (Å²) >= 11 is 0. The number of carbonyl (C=O) groups excluding carboxylic acids is 2. The van der Waals surface area contributed by atoms with E-state index in [-0.39, 0.29) is 18.3 Å². The van der Waals surface area contributed by atoms with E-state index < -0.39 is 0 Å². The van der Waals surface area contributed by atoms with Crippen LogP contribution >= 0.6 is 0 Å². The number of benzene rings is 3. The second kappa shape index (κ2) is 9.94. The van der Waals surface area contributed by atoms with Crippen molar-refractivity contribution in [2.24, 2.45) is 0 Å². The third-order valence-corrected chi connectivity index (χ3v) is 4.08. The second-order valence-corrected chi connectivity index (χ2v) is 6.23. The molecular formula is C23H22N2O4. The molecule has 0 atom stereocenters. The van der Waals surface area contributed by atoms with Gasteiger partial charge in [-0.05, 0) is 54.6 Å². The molecule has 3 aromatic rings. The van der Waals surface area contributed by atoms with Crippen LogP contribution in [0.5, 0.6) is 5.75 Å². The maximum Gasteiger partial charge on any atom is 0.337 e. The van der Waals surface area contributed by atoms with Crippen LogP contribution in [0, 0.1) is 0 Å². The number of amides is 1. The van der Waals surface area contributed by atoms with E-state index in [0.717, 1.165) is 17.1 Å². The largest absolute Gasteiger partial charge is 0.493 e. The van der Waals surface area contributed by atoms with Crippen molar-refractivity contribution in [3.05, 3.63) is 84.4 Å². The number of esters is 1. The third-order valence-electron chi connectivity index (χ3n) is 4.08. The van der Waals surface area contributed by atoms with E-state index in [0.29, 0.717) is 17.9 Å². The van der Waals surface area contributed by atoms with Crippen LogP contribution in [0.3, 0.4) is 0 Å². The van der Waals surface area contributed by atoms with Crippen LogP contribution in [0.1, 0.15) is 16.8 Å². The van der Waals surface area contributed by atoms with Crippen LogP contribution in [0.4, 0.5) is 17.1 Å². The number of hydrogen-bond donors (Lipinski definition) is 2. The molecule has 2 N–H and O–H groups in total. The predicted octanol–water partition coefficient (Wildman–Crippen LogP) is 4.62. The lowest BCUT2D eigenvalue weighted by Gasteiger charge is -2.10. The number of methoxy groups -OCH3 is 1. The molecule has 0 heterocycles. The molecule has 0 aromatic heterocycles. The highest BCUT2D eigenvalue weighted by molar-refractivity contribution is 5.91. The van der Waals surface area contributed by atoms with Crippen molar-refractivity contribution in [1.82, 2.24) is 0 Å². The van der Waals surface area contributed by atoms with Gasteiger partial charge >= 0.3 is 5.97 Å². The van der Waals surface area contributed by atoms with Gasteiger partial charge in [-0.1, -0.05) is 24.3 Å². The molecule has 0 bridgehead atoms. The summed E-state index contributed by atoms with van der Waals surface area (Å²) < 4.78 is 10.3. The van der Waals surface area contributed by atoms with Crippen LogP contribution in [-0.2, 0) is 9.53 Å². The highest BCUT2D eigenvalue weighted by atomic mass is 16.5. The van der Waals surface area contributed by atoms with Gasteiger partial charge in [0.25, 0.3) is 0 Å².